The molecule has 4 heteroatoms. The first-order valence-electron chi connectivity index (χ1n) is 2.03. The number of nitrogens with zero attached hydrogens (tertiary/aromatic N) is 1. The van der Waals surface area contributed by atoms with Crippen LogP contribution in [0.4, 0.5) is 0 Å². The van der Waals surface area contributed by atoms with Gasteiger partial charge in [0.05, 0.1) is 0 Å². The molecule has 1 rings (SSSR count). The van der Waals surface area contributed by atoms with Gasteiger partial charge in [0, 0.05) is 6.20 Å². The molecule has 1 unspecified atom stereocenters. The molecule has 1 aliphatic rings. The highest BCUT2D eigenvalue weighted by atomic mass is 35.5. The minimum atomic E-state index is -0.229. The second-order valence-corrected chi connectivity index (χ2v) is 2.93. The molecule has 0 N–H and O–H groups in total. The lowest BCUT2D eigenvalue weighted by Crippen LogP contribution is -2.16. The lowest BCUT2D eigenvalue weighted by atomic mass is 10.8. The molecule has 0 aliphatic carbocycles. The van der Waals surface area contributed by atoms with Crippen molar-refractivity contribution in [2.75, 3.05) is 0 Å². The molecule has 0 aromatic carbocycles. The number of hydrogen-bond acceptors (Lipinski definition) is 2. The zero-order chi connectivity index (χ0) is 5.98. The van der Waals surface area contributed by atoms with Gasteiger partial charge in [0.2, 0.25) is 6.41 Å². The molecule has 0 spiro atoms. The molecular weight excluding hydrogens is 146 g/mol. The third-order valence-corrected chi connectivity index (χ3v) is 2.06. The number of halogens is 1. The van der Waals surface area contributed by atoms with Crippen molar-refractivity contribution in [3.63, 3.8) is 0 Å². The Bertz CT molecular complexity index is 127. The highest BCUT2D eigenvalue weighted by Gasteiger charge is 2.14. The smallest absolute Gasteiger partial charge is 0.215 e. The quantitative estimate of drug-likeness (QED) is 0.317. The molecule has 0 aromatic heterocycles. The van der Waals surface area contributed by atoms with E-state index in [0.717, 1.165) is 0 Å². The summed E-state index contributed by atoms with van der Waals surface area (Å²) in [5, 5.41) is 1.78. The maximum absolute atomic E-state index is 9.99. The molecule has 0 aromatic rings. The molecule has 0 saturated heterocycles. The molecule has 44 valence electrons. The predicted molar refractivity (Wildman–Crippen MR) is 34.3 cm³/mol. The Morgan fingerprint density at radius 1 is 1.88 bits per heavy atom. The Morgan fingerprint density at radius 2 is 2.62 bits per heavy atom. The van der Waals surface area contributed by atoms with Crippen LogP contribution in [0.1, 0.15) is 0 Å². The van der Waals surface area contributed by atoms with Gasteiger partial charge in [0.1, 0.15) is 0 Å². The van der Waals surface area contributed by atoms with Crippen molar-refractivity contribution in [3.05, 3.63) is 11.6 Å². The third kappa shape index (κ3) is 0.980. The maximum atomic E-state index is 9.99. The van der Waals surface area contributed by atoms with Gasteiger partial charge in [-0.1, -0.05) is 23.4 Å². The van der Waals surface area contributed by atoms with Gasteiger partial charge in [-0.15, -0.1) is 0 Å². The minimum Gasteiger partial charge on any atom is -0.295 e. The van der Waals surface area contributed by atoms with Crippen LogP contribution in [0.15, 0.2) is 11.6 Å². The maximum Gasteiger partial charge on any atom is 0.215 e. The first-order valence-corrected chi connectivity index (χ1v) is 3.41. The molecule has 0 fully saturated rings. The molecular formula is C4H4ClNOS. The molecule has 0 radical (unpaired) electrons. The van der Waals surface area contributed by atoms with Crippen LogP contribution in [0.2, 0.25) is 0 Å². The van der Waals surface area contributed by atoms with Crippen molar-refractivity contribution in [2.24, 2.45) is 0 Å². The number of carbonyl (C=O) groups is 1. The monoisotopic (exact) mass is 149 g/mol. The molecule has 8 heavy (non-hydrogen) atoms. The molecule has 2 nitrogen and oxygen atoms in total. The highest BCUT2D eigenvalue weighted by Crippen LogP contribution is 2.25. The minimum absolute atomic E-state index is 0.229. The van der Waals surface area contributed by atoms with E-state index in [0.29, 0.717) is 6.41 Å². The van der Waals surface area contributed by atoms with Crippen molar-refractivity contribution in [3.8, 4) is 0 Å². The number of rotatable bonds is 1. The average molecular weight is 150 g/mol. The van der Waals surface area contributed by atoms with E-state index in [1.165, 1.54) is 16.7 Å². The zero-order valence-corrected chi connectivity index (χ0v) is 5.52. The Hall–Kier alpha value is -0.150. The van der Waals surface area contributed by atoms with Crippen LogP contribution < -0.4 is 0 Å². The van der Waals surface area contributed by atoms with Crippen molar-refractivity contribution < 1.29 is 4.79 Å². The van der Waals surface area contributed by atoms with Crippen molar-refractivity contribution >= 4 is 29.8 Å². The Morgan fingerprint density at radius 3 is 2.88 bits per heavy atom. The summed E-state index contributed by atoms with van der Waals surface area (Å²) in [6.07, 6.45) is 2.35. The summed E-state index contributed by atoms with van der Waals surface area (Å²) in [6, 6.07) is 0. The zero-order valence-electron chi connectivity index (χ0n) is 3.95. The number of alkyl halides is 1. The average Bonchev–Trinajstić information content (AvgIpc) is 2.14. The fraction of sp³-hybridized carbons (Fsp3) is 0.250. The summed E-state index contributed by atoms with van der Waals surface area (Å²) in [5.74, 6) is 0. The molecule has 1 atom stereocenters. The van der Waals surface area contributed by atoms with Gasteiger partial charge in [-0.3, -0.25) is 9.69 Å². The Kier molecular flexibility index (Phi) is 1.81. The largest absolute Gasteiger partial charge is 0.295 e. The Balaban J connectivity index is 2.52. The van der Waals surface area contributed by atoms with Crippen LogP contribution in [0.5, 0.6) is 0 Å². The lowest BCUT2D eigenvalue weighted by molar-refractivity contribution is -0.115. The molecule has 1 amide bonds. The van der Waals surface area contributed by atoms with Crippen LogP contribution in [-0.2, 0) is 4.79 Å². The van der Waals surface area contributed by atoms with Crippen LogP contribution in [0.25, 0.3) is 0 Å². The van der Waals surface area contributed by atoms with E-state index in [-0.39, 0.29) is 4.83 Å². The van der Waals surface area contributed by atoms with Gasteiger partial charge >= 0.3 is 0 Å². The van der Waals surface area contributed by atoms with Gasteiger partial charge < -0.3 is 0 Å². The molecule has 1 aliphatic heterocycles. The number of thioether (sulfide) groups is 1. The summed E-state index contributed by atoms with van der Waals surface area (Å²) in [5.41, 5.74) is 0. The van der Waals surface area contributed by atoms with Crippen molar-refractivity contribution in [2.45, 2.75) is 4.83 Å². The fourth-order valence-corrected chi connectivity index (χ4v) is 1.28. The van der Waals surface area contributed by atoms with E-state index in [1.807, 2.05) is 0 Å². The molecule has 1 heterocycles. The van der Waals surface area contributed by atoms with Crippen LogP contribution >= 0.6 is 23.4 Å². The van der Waals surface area contributed by atoms with E-state index in [2.05, 4.69) is 0 Å². The van der Waals surface area contributed by atoms with E-state index in [4.69, 9.17) is 11.6 Å². The normalized spacial score (nSPS) is 26.6. The van der Waals surface area contributed by atoms with Gasteiger partial charge in [0.25, 0.3) is 0 Å². The topological polar surface area (TPSA) is 20.3 Å². The van der Waals surface area contributed by atoms with Crippen LogP contribution in [0.3, 0.4) is 0 Å². The third-order valence-electron chi connectivity index (χ3n) is 0.780. The number of hydrogen-bond donors (Lipinski definition) is 0. The fourth-order valence-electron chi connectivity index (χ4n) is 0.391. The number of amides is 1. The van der Waals surface area contributed by atoms with Gasteiger partial charge in [-0.05, 0) is 5.41 Å². The van der Waals surface area contributed by atoms with E-state index < -0.39 is 0 Å². The van der Waals surface area contributed by atoms with Crippen LogP contribution in [-0.4, -0.2) is 16.1 Å². The highest BCUT2D eigenvalue weighted by molar-refractivity contribution is 8.04. The molecule has 0 bridgehead atoms. The predicted octanol–water partition coefficient (Wildman–Crippen LogP) is 1.19. The van der Waals surface area contributed by atoms with Gasteiger partial charge in [0.15, 0.2) is 4.83 Å². The SMILES string of the molecule is O=CN1C=CSC1Cl. The van der Waals surface area contributed by atoms with Gasteiger partial charge in [-0.25, -0.2) is 0 Å². The van der Waals surface area contributed by atoms with Crippen molar-refractivity contribution in [1.82, 2.24) is 4.90 Å². The van der Waals surface area contributed by atoms with Gasteiger partial charge in [-0.2, -0.15) is 0 Å². The van der Waals surface area contributed by atoms with E-state index in [9.17, 15) is 4.79 Å². The lowest BCUT2D eigenvalue weighted by Gasteiger charge is -2.08. The first-order chi connectivity index (χ1) is 3.84. The summed E-state index contributed by atoms with van der Waals surface area (Å²) < 4.78 is 0. The number of carbonyl (C=O) groups excluding carboxylic acids is 1. The summed E-state index contributed by atoms with van der Waals surface area (Å²) in [4.78, 5) is 11.2. The van der Waals surface area contributed by atoms with Crippen molar-refractivity contribution in [1.29, 1.82) is 0 Å². The molecule has 0 saturated carbocycles. The van der Waals surface area contributed by atoms with E-state index in [1.54, 1.807) is 11.6 Å². The summed E-state index contributed by atoms with van der Waals surface area (Å²) in [7, 11) is 0. The van der Waals surface area contributed by atoms with Crippen LogP contribution in [0, 0.1) is 0 Å². The standard InChI is InChI=1S/C4H4ClNOS/c5-4-6(3-7)1-2-8-4/h1-4H. The second kappa shape index (κ2) is 2.42. The van der Waals surface area contributed by atoms with E-state index >= 15 is 0 Å². The second-order valence-electron chi connectivity index (χ2n) is 1.27. The first kappa shape index (κ1) is 5.98. The summed E-state index contributed by atoms with van der Waals surface area (Å²) in [6.45, 7) is 0. The Labute approximate surface area is 56.5 Å². The summed E-state index contributed by atoms with van der Waals surface area (Å²) >= 11 is 6.98.